The smallest absolute Gasteiger partial charge is 0.254 e. The van der Waals surface area contributed by atoms with Gasteiger partial charge in [0.2, 0.25) is 5.91 Å². The standard InChI is InChI=1S/C18H26N2O3S/c1-19(2)16(21)11-14-3-9-23-18(12-14)5-7-20(8-6-18)17(22)15-4-10-24-13-15/h4,10,13-14H,3,5-9,11-12H2,1-2H3. The number of hydrogen-bond acceptors (Lipinski definition) is 4. The molecule has 2 saturated heterocycles. The molecule has 132 valence electrons. The van der Waals surface area contributed by atoms with Crippen LogP contribution in [-0.4, -0.2) is 61.0 Å². The Morgan fingerprint density at radius 3 is 2.75 bits per heavy atom. The summed E-state index contributed by atoms with van der Waals surface area (Å²) in [6, 6.07) is 1.89. The normalized spacial score (nSPS) is 23.2. The summed E-state index contributed by atoms with van der Waals surface area (Å²) in [5, 5.41) is 3.85. The quantitative estimate of drug-likeness (QED) is 0.842. The van der Waals surface area contributed by atoms with Gasteiger partial charge in [0.05, 0.1) is 11.2 Å². The third kappa shape index (κ3) is 3.81. The maximum atomic E-state index is 12.5. The molecular weight excluding hydrogens is 324 g/mol. The summed E-state index contributed by atoms with van der Waals surface area (Å²) in [5.41, 5.74) is 0.649. The number of likely N-dealkylation sites (tertiary alicyclic amines) is 1. The van der Waals surface area contributed by atoms with Crippen molar-refractivity contribution in [1.82, 2.24) is 9.80 Å². The van der Waals surface area contributed by atoms with E-state index < -0.39 is 0 Å². The predicted octanol–water partition coefficient (Wildman–Crippen LogP) is 2.63. The minimum Gasteiger partial charge on any atom is -0.375 e. The third-order valence-electron chi connectivity index (χ3n) is 5.29. The van der Waals surface area contributed by atoms with Gasteiger partial charge >= 0.3 is 0 Å². The summed E-state index contributed by atoms with van der Waals surface area (Å²) >= 11 is 1.55. The van der Waals surface area contributed by atoms with Gasteiger partial charge in [0.15, 0.2) is 0 Å². The number of piperidine rings is 1. The van der Waals surface area contributed by atoms with Gasteiger partial charge in [-0.3, -0.25) is 9.59 Å². The van der Waals surface area contributed by atoms with Crippen LogP contribution < -0.4 is 0 Å². The molecule has 6 heteroatoms. The minimum atomic E-state index is -0.138. The van der Waals surface area contributed by atoms with Crippen LogP contribution in [0.25, 0.3) is 0 Å². The second-order valence-corrected chi connectivity index (χ2v) is 7.97. The fourth-order valence-electron chi connectivity index (χ4n) is 3.77. The van der Waals surface area contributed by atoms with Gasteiger partial charge in [0.1, 0.15) is 0 Å². The van der Waals surface area contributed by atoms with E-state index in [0.717, 1.165) is 50.9 Å². The Morgan fingerprint density at radius 2 is 2.12 bits per heavy atom. The van der Waals surface area contributed by atoms with Crippen LogP contribution in [0.15, 0.2) is 16.8 Å². The van der Waals surface area contributed by atoms with Crippen LogP contribution in [0, 0.1) is 5.92 Å². The molecule has 1 unspecified atom stereocenters. The zero-order valence-corrected chi connectivity index (χ0v) is 15.3. The van der Waals surface area contributed by atoms with E-state index in [0.29, 0.717) is 12.3 Å². The number of ether oxygens (including phenoxy) is 1. The first-order valence-corrected chi connectivity index (χ1v) is 9.59. The first-order valence-electron chi connectivity index (χ1n) is 8.65. The van der Waals surface area contributed by atoms with E-state index in [1.54, 1.807) is 16.2 Å². The molecule has 0 aliphatic carbocycles. The fraction of sp³-hybridized carbons (Fsp3) is 0.667. The van der Waals surface area contributed by atoms with Gasteiger partial charge in [-0.05, 0) is 43.0 Å². The average molecular weight is 350 g/mol. The monoisotopic (exact) mass is 350 g/mol. The lowest BCUT2D eigenvalue weighted by atomic mass is 9.78. The molecule has 2 fully saturated rings. The molecule has 2 amide bonds. The number of amides is 2. The molecule has 1 spiro atoms. The molecule has 1 atom stereocenters. The average Bonchev–Trinajstić information content (AvgIpc) is 3.09. The Balaban J connectivity index is 1.56. The SMILES string of the molecule is CN(C)C(=O)CC1CCOC2(CCN(C(=O)c3ccsc3)CC2)C1. The van der Waals surface area contributed by atoms with E-state index in [2.05, 4.69) is 0 Å². The molecule has 24 heavy (non-hydrogen) atoms. The Kier molecular flexibility index (Phi) is 5.25. The van der Waals surface area contributed by atoms with Crippen LogP contribution in [0.1, 0.15) is 42.5 Å². The van der Waals surface area contributed by atoms with Crippen molar-refractivity contribution in [1.29, 1.82) is 0 Å². The largest absolute Gasteiger partial charge is 0.375 e. The molecule has 0 saturated carbocycles. The van der Waals surface area contributed by atoms with Crippen molar-refractivity contribution in [2.75, 3.05) is 33.8 Å². The van der Waals surface area contributed by atoms with Gasteiger partial charge in [-0.1, -0.05) is 0 Å². The topological polar surface area (TPSA) is 49.9 Å². The van der Waals surface area contributed by atoms with E-state index in [-0.39, 0.29) is 17.4 Å². The van der Waals surface area contributed by atoms with Crippen molar-refractivity contribution in [3.05, 3.63) is 22.4 Å². The number of carbonyl (C=O) groups excluding carboxylic acids is 2. The Morgan fingerprint density at radius 1 is 1.38 bits per heavy atom. The minimum absolute atomic E-state index is 0.126. The summed E-state index contributed by atoms with van der Waals surface area (Å²) in [6.07, 6.45) is 4.24. The van der Waals surface area contributed by atoms with E-state index in [9.17, 15) is 9.59 Å². The molecule has 5 nitrogen and oxygen atoms in total. The maximum absolute atomic E-state index is 12.5. The highest BCUT2D eigenvalue weighted by Crippen LogP contribution is 2.39. The fourth-order valence-corrected chi connectivity index (χ4v) is 4.40. The van der Waals surface area contributed by atoms with Crippen molar-refractivity contribution in [2.24, 2.45) is 5.92 Å². The van der Waals surface area contributed by atoms with Crippen molar-refractivity contribution < 1.29 is 14.3 Å². The van der Waals surface area contributed by atoms with Crippen LogP contribution in [-0.2, 0) is 9.53 Å². The number of thiophene rings is 1. The number of carbonyl (C=O) groups is 2. The third-order valence-corrected chi connectivity index (χ3v) is 5.97. The summed E-state index contributed by atoms with van der Waals surface area (Å²) in [4.78, 5) is 28.1. The van der Waals surface area contributed by atoms with E-state index >= 15 is 0 Å². The second kappa shape index (κ2) is 7.23. The van der Waals surface area contributed by atoms with Gasteiger partial charge in [-0.15, -0.1) is 0 Å². The predicted molar refractivity (Wildman–Crippen MR) is 94.2 cm³/mol. The summed E-state index contributed by atoms with van der Waals surface area (Å²) in [6.45, 7) is 2.20. The molecule has 0 bridgehead atoms. The van der Waals surface area contributed by atoms with Crippen LogP contribution in [0.4, 0.5) is 0 Å². The highest BCUT2D eigenvalue weighted by Gasteiger charge is 2.41. The first kappa shape index (κ1) is 17.4. The molecule has 0 aromatic carbocycles. The van der Waals surface area contributed by atoms with Crippen molar-refractivity contribution in [3.63, 3.8) is 0 Å². The van der Waals surface area contributed by atoms with Crippen molar-refractivity contribution in [3.8, 4) is 0 Å². The lowest BCUT2D eigenvalue weighted by Gasteiger charge is -2.46. The highest BCUT2D eigenvalue weighted by molar-refractivity contribution is 7.08. The molecule has 2 aliphatic heterocycles. The van der Waals surface area contributed by atoms with E-state index in [1.807, 2.05) is 35.8 Å². The lowest BCUT2D eigenvalue weighted by molar-refractivity contribution is -0.139. The second-order valence-electron chi connectivity index (χ2n) is 7.19. The Bertz CT molecular complexity index is 577. The molecule has 0 N–H and O–H groups in total. The molecule has 0 radical (unpaired) electrons. The Labute approximate surface area is 147 Å². The van der Waals surface area contributed by atoms with Gasteiger partial charge in [0, 0.05) is 45.6 Å². The van der Waals surface area contributed by atoms with Crippen LogP contribution in [0.2, 0.25) is 0 Å². The molecule has 1 aromatic heterocycles. The van der Waals surface area contributed by atoms with E-state index in [1.165, 1.54) is 0 Å². The van der Waals surface area contributed by atoms with Gasteiger partial charge in [0.25, 0.3) is 5.91 Å². The van der Waals surface area contributed by atoms with E-state index in [4.69, 9.17) is 4.74 Å². The summed E-state index contributed by atoms with van der Waals surface area (Å²) in [5.74, 6) is 0.719. The highest BCUT2D eigenvalue weighted by atomic mass is 32.1. The molecule has 3 rings (SSSR count). The van der Waals surface area contributed by atoms with Crippen LogP contribution in [0.5, 0.6) is 0 Å². The van der Waals surface area contributed by atoms with Crippen LogP contribution >= 0.6 is 11.3 Å². The first-order chi connectivity index (χ1) is 11.5. The van der Waals surface area contributed by atoms with Gasteiger partial charge < -0.3 is 14.5 Å². The van der Waals surface area contributed by atoms with Crippen LogP contribution in [0.3, 0.4) is 0 Å². The Hall–Kier alpha value is -1.40. The summed E-state index contributed by atoms with van der Waals surface area (Å²) in [7, 11) is 3.62. The zero-order chi connectivity index (χ0) is 17.2. The molecule has 3 heterocycles. The van der Waals surface area contributed by atoms with Crippen molar-refractivity contribution in [2.45, 2.75) is 37.7 Å². The molecular formula is C18H26N2O3S. The number of nitrogens with zero attached hydrogens (tertiary/aromatic N) is 2. The maximum Gasteiger partial charge on any atom is 0.254 e. The number of hydrogen-bond donors (Lipinski definition) is 0. The lowest BCUT2D eigenvalue weighted by Crippen LogP contribution is -2.51. The summed E-state index contributed by atoms with van der Waals surface area (Å²) < 4.78 is 6.14. The molecule has 2 aliphatic rings. The number of rotatable bonds is 3. The molecule has 1 aromatic rings. The van der Waals surface area contributed by atoms with Crippen molar-refractivity contribution >= 4 is 23.2 Å². The van der Waals surface area contributed by atoms with Gasteiger partial charge in [-0.2, -0.15) is 11.3 Å². The van der Waals surface area contributed by atoms with Gasteiger partial charge in [-0.25, -0.2) is 0 Å². The zero-order valence-electron chi connectivity index (χ0n) is 14.5.